The summed E-state index contributed by atoms with van der Waals surface area (Å²) in [6, 6.07) is 0. The second-order valence-corrected chi connectivity index (χ2v) is 15.6. The van der Waals surface area contributed by atoms with E-state index in [2.05, 4.69) is 32.9 Å². The SMILES string of the molecule is CC1=CC[C]([Zr+2](=[C](C)C)[CH]2C3=C(CCCC3)C3=C2CCCC3)=C1.[Cl-].[Cl-]. The third kappa shape index (κ3) is 3.95. The molecule has 0 spiro atoms. The summed E-state index contributed by atoms with van der Waals surface area (Å²) in [6.45, 7) is 7.23. The molecule has 0 aromatic heterocycles. The van der Waals surface area contributed by atoms with Crippen molar-refractivity contribution >= 4 is 3.21 Å². The number of allylic oxidation sites excluding steroid dienone is 8. The van der Waals surface area contributed by atoms with E-state index in [1.165, 1.54) is 63.4 Å². The van der Waals surface area contributed by atoms with E-state index in [1.807, 2.05) is 28.8 Å². The molecule has 0 aromatic carbocycles. The molecule has 0 nitrogen and oxygen atoms in total. The van der Waals surface area contributed by atoms with Gasteiger partial charge in [0.15, 0.2) is 0 Å². The van der Waals surface area contributed by atoms with Crippen LogP contribution in [0.25, 0.3) is 0 Å². The number of hydrogen-bond donors (Lipinski definition) is 0. The first-order chi connectivity index (χ1) is 11.2. The Balaban J connectivity index is 0.00000113. The van der Waals surface area contributed by atoms with Gasteiger partial charge in [-0.25, -0.2) is 0 Å². The van der Waals surface area contributed by atoms with Crippen LogP contribution in [0.2, 0.25) is 3.63 Å². The van der Waals surface area contributed by atoms with Crippen LogP contribution in [0.1, 0.15) is 78.6 Å². The van der Waals surface area contributed by atoms with E-state index in [-0.39, 0.29) is 24.8 Å². The zero-order valence-electron chi connectivity index (χ0n) is 15.9. The maximum atomic E-state index is 2.58. The van der Waals surface area contributed by atoms with Crippen molar-refractivity contribution in [1.29, 1.82) is 0 Å². The molecule has 3 heteroatoms. The van der Waals surface area contributed by atoms with Crippen LogP contribution < -0.4 is 24.8 Å². The van der Waals surface area contributed by atoms with Crippen LogP contribution in [0.4, 0.5) is 0 Å². The molecule has 0 heterocycles. The van der Waals surface area contributed by atoms with Crippen LogP contribution in [-0.4, -0.2) is 3.21 Å². The Morgan fingerprint density at radius 2 is 1.40 bits per heavy atom. The zero-order chi connectivity index (χ0) is 16.0. The zero-order valence-corrected chi connectivity index (χ0v) is 19.8. The number of halogens is 2. The van der Waals surface area contributed by atoms with Gasteiger partial charge in [-0.3, -0.25) is 0 Å². The molecular formula is C22H30Cl2Zr. The summed E-state index contributed by atoms with van der Waals surface area (Å²) in [5.74, 6) is 0. The molecular weight excluding hydrogens is 426 g/mol. The third-order valence-electron chi connectivity index (χ3n) is 6.30. The molecule has 0 amide bonds. The molecule has 4 aliphatic rings. The number of rotatable bonds is 2. The monoisotopic (exact) mass is 454 g/mol. The van der Waals surface area contributed by atoms with Crippen LogP contribution in [0.5, 0.6) is 0 Å². The minimum absolute atomic E-state index is 0. The summed E-state index contributed by atoms with van der Waals surface area (Å²) in [5, 5.41) is 0. The summed E-state index contributed by atoms with van der Waals surface area (Å²) in [7, 11) is 0. The van der Waals surface area contributed by atoms with Crippen LogP contribution in [-0.2, 0) is 21.3 Å². The predicted octanol–water partition coefficient (Wildman–Crippen LogP) is 0.602. The largest absolute Gasteiger partial charge is 1.00 e. The van der Waals surface area contributed by atoms with Crippen molar-refractivity contribution in [3.63, 3.8) is 0 Å². The summed E-state index contributed by atoms with van der Waals surface area (Å²) < 4.78 is 4.63. The molecule has 136 valence electrons. The fourth-order valence-corrected chi connectivity index (χ4v) is 14.3. The molecule has 0 aliphatic heterocycles. The average Bonchev–Trinajstić information content (AvgIpc) is 3.11. The summed E-state index contributed by atoms with van der Waals surface area (Å²) in [6.07, 6.45) is 17.8. The molecule has 0 radical (unpaired) electrons. The van der Waals surface area contributed by atoms with Gasteiger partial charge in [-0.1, -0.05) is 0 Å². The maximum absolute atomic E-state index is 2.58. The summed E-state index contributed by atoms with van der Waals surface area (Å²) in [5.41, 5.74) is 9.17. The molecule has 25 heavy (non-hydrogen) atoms. The van der Waals surface area contributed by atoms with Crippen LogP contribution in [0.3, 0.4) is 0 Å². The third-order valence-corrected chi connectivity index (χ3v) is 14.6. The van der Waals surface area contributed by atoms with Crippen molar-refractivity contribution < 1.29 is 46.1 Å². The molecule has 4 rings (SSSR count). The average molecular weight is 457 g/mol. The van der Waals surface area contributed by atoms with E-state index in [1.54, 1.807) is 0 Å². The molecule has 0 bridgehead atoms. The van der Waals surface area contributed by atoms with Gasteiger partial charge in [0.2, 0.25) is 0 Å². The maximum Gasteiger partial charge on any atom is -1.00 e. The standard InChI is InChI=1S/C13H17.C6H7.C3H6.2ClH.Zr/c1-3-7-12-10(5-1)9-11-6-2-4-8-13(11)12;1-6-4-2-3-5-6;1-3-2;;;/h9H,1-8H2;4-5H,2H2,1H3;1-2H3;2*1H;/q;;;;;+2/p-2. The Bertz CT molecular complexity index is 668. The van der Waals surface area contributed by atoms with Crippen molar-refractivity contribution in [3.05, 3.63) is 43.3 Å². The van der Waals surface area contributed by atoms with E-state index in [4.69, 9.17) is 0 Å². The minimum atomic E-state index is -1.73. The molecule has 0 N–H and O–H groups in total. The smallest absolute Gasteiger partial charge is 1.00 e. The minimum Gasteiger partial charge on any atom is -1.00 e. The summed E-state index contributed by atoms with van der Waals surface area (Å²) >= 11 is -1.73. The van der Waals surface area contributed by atoms with Crippen molar-refractivity contribution in [2.75, 3.05) is 0 Å². The van der Waals surface area contributed by atoms with E-state index >= 15 is 0 Å². The first kappa shape index (κ1) is 21.6. The van der Waals surface area contributed by atoms with Crippen molar-refractivity contribution in [2.24, 2.45) is 0 Å². The van der Waals surface area contributed by atoms with Gasteiger partial charge in [0, 0.05) is 0 Å². The van der Waals surface area contributed by atoms with E-state index < -0.39 is 21.3 Å². The van der Waals surface area contributed by atoms with Gasteiger partial charge in [0.05, 0.1) is 0 Å². The molecule has 0 fully saturated rings. The van der Waals surface area contributed by atoms with Crippen molar-refractivity contribution in [1.82, 2.24) is 0 Å². The van der Waals surface area contributed by atoms with E-state index in [9.17, 15) is 0 Å². The fraction of sp³-hybridized carbons (Fsp3) is 0.591. The number of fused-ring (bicyclic) bond motifs is 1. The van der Waals surface area contributed by atoms with Gasteiger partial charge in [0.25, 0.3) is 0 Å². The first-order valence-electron chi connectivity index (χ1n) is 9.66. The van der Waals surface area contributed by atoms with E-state index in [0.29, 0.717) is 0 Å². The van der Waals surface area contributed by atoms with Gasteiger partial charge < -0.3 is 24.8 Å². The fourth-order valence-electron chi connectivity index (χ4n) is 5.39. The van der Waals surface area contributed by atoms with Gasteiger partial charge in [0.1, 0.15) is 0 Å². The van der Waals surface area contributed by atoms with E-state index in [0.717, 1.165) is 3.63 Å². The van der Waals surface area contributed by atoms with Gasteiger partial charge in [-0.2, -0.15) is 0 Å². The van der Waals surface area contributed by atoms with Crippen molar-refractivity contribution in [2.45, 2.75) is 82.2 Å². The Morgan fingerprint density at radius 3 is 1.84 bits per heavy atom. The molecule has 0 aromatic rings. The first-order valence-corrected chi connectivity index (χ1v) is 13.5. The Labute approximate surface area is 173 Å². The van der Waals surface area contributed by atoms with Crippen molar-refractivity contribution in [3.8, 4) is 0 Å². The van der Waals surface area contributed by atoms with Gasteiger partial charge >= 0.3 is 150 Å². The molecule has 0 atom stereocenters. The van der Waals surface area contributed by atoms with Gasteiger partial charge in [-0.15, -0.1) is 0 Å². The van der Waals surface area contributed by atoms with Crippen LogP contribution >= 0.6 is 0 Å². The number of hydrogen-bond acceptors (Lipinski definition) is 0. The van der Waals surface area contributed by atoms with Gasteiger partial charge in [-0.05, 0) is 0 Å². The predicted molar refractivity (Wildman–Crippen MR) is 97.6 cm³/mol. The Morgan fingerprint density at radius 1 is 0.880 bits per heavy atom. The Kier molecular flexibility index (Phi) is 7.76. The molecule has 0 unspecified atom stereocenters. The molecule has 0 saturated carbocycles. The Hall–Kier alpha value is 0.293. The topological polar surface area (TPSA) is 0 Å². The quantitative estimate of drug-likeness (QED) is 0.571. The normalized spacial score (nSPS) is 22.2. The second kappa shape index (κ2) is 8.99. The second-order valence-electron chi connectivity index (χ2n) is 8.09. The molecule has 0 saturated heterocycles. The molecule has 4 aliphatic carbocycles. The summed E-state index contributed by atoms with van der Waals surface area (Å²) in [4.78, 5) is 0. The van der Waals surface area contributed by atoms with Crippen LogP contribution in [0, 0.1) is 0 Å². The van der Waals surface area contributed by atoms with Crippen LogP contribution in [0.15, 0.2) is 43.3 Å².